The second kappa shape index (κ2) is 5.47. The van der Waals surface area contributed by atoms with Crippen molar-refractivity contribution in [2.45, 2.75) is 48.0 Å². The Hall–Kier alpha value is -0.170. The van der Waals surface area contributed by atoms with Crippen molar-refractivity contribution < 1.29 is 0 Å². The first-order chi connectivity index (χ1) is 5.49. The van der Waals surface area contributed by atoms with Crippen molar-refractivity contribution >= 4 is 11.8 Å². The fourth-order valence-corrected chi connectivity index (χ4v) is 1.65. The summed E-state index contributed by atoms with van der Waals surface area (Å²) >= 11 is 1.90. The maximum absolute atomic E-state index is 2.21. The van der Waals surface area contributed by atoms with Gasteiger partial charge < -0.3 is 0 Å². The molecule has 0 aromatic heterocycles. The molecule has 0 saturated heterocycles. The molecule has 0 N–H and O–H groups in total. The Morgan fingerprint density at radius 1 is 0.917 bits per heavy atom. The van der Waals surface area contributed by atoms with Crippen LogP contribution in [-0.2, 0) is 0 Å². The molecule has 0 spiro atoms. The van der Waals surface area contributed by atoms with Crippen LogP contribution in [0.15, 0.2) is 21.0 Å². The number of allylic oxidation sites excluding steroid dienone is 4. The molecular weight excluding hydrogens is 164 g/mol. The fourth-order valence-electron chi connectivity index (χ4n) is 0.668. The molecule has 0 aliphatic heterocycles. The molecule has 0 aliphatic rings. The van der Waals surface area contributed by atoms with Crippen molar-refractivity contribution in [1.29, 1.82) is 0 Å². The van der Waals surface area contributed by atoms with Gasteiger partial charge in [-0.1, -0.05) is 29.8 Å². The zero-order valence-electron chi connectivity index (χ0n) is 9.12. The molecule has 1 heteroatoms. The molecular formula is C11H20S. The summed E-state index contributed by atoms with van der Waals surface area (Å²) in [4.78, 5) is 2.89. The van der Waals surface area contributed by atoms with Crippen LogP contribution in [-0.4, -0.2) is 0 Å². The van der Waals surface area contributed by atoms with Crippen LogP contribution < -0.4 is 0 Å². The van der Waals surface area contributed by atoms with E-state index in [0.717, 1.165) is 6.42 Å². The minimum Gasteiger partial charge on any atom is -0.0997 e. The van der Waals surface area contributed by atoms with Crippen LogP contribution in [0.4, 0.5) is 0 Å². The lowest BCUT2D eigenvalue weighted by atomic mass is 10.2. The lowest BCUT2D eigenvalue weighted by Crippen LogP contribution is -1.80. The number of thioether (sulfide) groups is 1. The second-order valence-electron chi connectivity index (χ2n) is 3.35. The molecule has 0 unspecified atom stereocenters. The molecule has 0 saturated carbocycles. The molecule has 70 valence electrons. The van der Waals surface area contributed by atoms with Gasteiger partial charge in [0.25, 0.3) is 0 Å². The standard InChI is InChI=1S/C11H20S/c1-7-9(4)11(6)12-10(5)8(2)3/h7H2,1-6H3/b11-9-. The Morgan fingerprint density at radius 3 is 1.75 bits per heavy atom. The quantitative estimate of drug-likeness (QED) is 0.610. The lowest BCUT2D eigenvalue weighted by molar-refractivity contribution is 1.09. The molecule has 0 radical (unpaired) electrons. The first-order valence-corrected chi connectivity index (χ1v) is 5.29. The smallest absolute Gasteiger partial charge is 0.0148 e. The van der Waals surface area contributed by atoms with Gasteiger partial charge in [-0.3, -0.25) is 0 Å². The Balaban J connectivity index is 4.38. The number of hydrogen-bond acceptors (Lipinski definition) is 1. The Bertz CT molecular complexity index is 205. The maximum atomic E-state index is 2.21. The Morgan fingerprint density at radius 2 is 1.42 bits per heavy atom. The molecule has 0 atom stereocenters. The first-order valence-electron chi connectivity index (χ1n) is 4.47. The molecule has 0 rings (SSSR count). The molecule has 0 nitrogen and oxygen atoms in total. The van der Waals surface area contributed by atoms with Gasteiger partial charge in [0, 0.05) is 0 Å². The summed E-state index contributed by atoms with van der Waals surface area (Å²) < 4.78 is 0. The van der Waals surface area contributed by atoms with Gasteiger partial charge in [-0.2, -0.15) is 0 Å². The predicted octanol–water partition coefficient (Wildman–Crippen LogP) is 4.74. The van der Waals surface area contributed by atoms with Gasteiger partial charge in [-0.25, -0.2) is 0 Å². The second-order valence-corrected chi connectivity index (χ2v) is 4.78. The minimum absolute atomic E-state index is 1.16. The van der Waals surface area contributed by atoms with E-state index in [1.807, 2.05) is 11.8 Å². The van der Waals surface area contributed by atoms with Crippen LogP contribution in [0.2, 0.25) is 0 Å². The van der Waals surface area contributed by atoms with E-state index in [-0.39, 0.29) is 0 Å². The summed E-state index contributed by atoms with van der Waals surface area (Å²) in [7, 11) is 0. The van der Waals surface area contributed by atoms with Crippen LogP contribution in [0.25, 0.3) is 0 Å². The minimum atomic E-state index is 1.16. The van der Waals surface area contributed by atoms with E-state index in [1.54, 1.807) is 0 Å². The molecule has 0 aliphatic carbocycles. The van der Waals surface area contributed by atoms with Crippen molar-refractivity contribution in [2.75, 3.05) is 0 Å². The molecule has 0 heterocycles. The first kappa shape index (κ1) is 11.8. The molecule has 12 heavy (non-hydrogen) atoms. The van der Waals surface area contributed by atoms with E-state index in [4.69, 9.17) is 0 Å². The highest BCUT2D eigenvalue weighted by Crippen LogP contribution is 2.29. The van der Waals surface area contributed by atoms with E-state index in [9.17, 15) is 0 Å². The summed E-state index contributed by atoms with van der Waals surface area (Å²) in [5.74, 6) is 0. The summed E-state index contributed by atoms with van der Waals surface area (Å²) in [5, 5.41) is 0. The largest absolute Gasteiger partial charge is 0.0997 e. The maximum Gasteiger partial charge on any atom is -0.0148 e. The van der Waals surface area contributed by atoms with Gasteiger partial charge in [0.1, 0.15) is 0 Å². The normalized spacial score (nSPS) is 12.5. The zero-order chi connectivity index (χ0) is 9.72. The Kier molecular flexibility index (Phi) is 5.39. The average Bonchev–Trinajstić information content (AvgIpc) is 2.02. The zero-order valence-corrected chi connectivity index (χ0v) is 9.93. The van der Waals surface area contributed by atoms with Gasteiger partial charge in [-0.05, 0) is 50.8 Å². The summed E-state index contributed by atoms with van der Waals surface area (Å²) in [6.07, 6.45) is 1.16. The van der Waals surface area contributed by atoms with Crippen LogP contribution in [0, 0.1) is 0 Å². The van der Waals surface area contributed by atoms with Crippen molar-refractivity contribution in [3.8, 4) is 0 Å². The van der Waals surface area contributed by atoms with E-state index in [0.29, 0.717) is 0 Å². The van der Waals surface area contributed by atoms with Gasteiger partial charge in [0.15, 0.2) is 0 Å². The van der Waals surface area contributed by atoms with Crippen molar-refractivity contribution in [3.05, 3.63) is 21.0 Å². The van der Waals surface area contributed by atoms with Gasteiger partial charge in [-0.15, -0.1) is 0 Å². The van der Waals surface area contributed by atoms with Gasteiger partial charge in [0.05, 0.1) is 0 Å². The number of hydrogen-bond donors (Lipinski definition) is 0. The lowest BCUT2D eigenvalue weighted by Gasteiger charge is -2.06. The summed E-state index contributed by atoms with van der Waals surface area (Å²) in [6.45, 7) is 13.1. The molecule has 0 aromatic carbocycles. The third-order valence-electron chi connectivity index (χ3n) is 2.14. The highest BCUT2D eigenvalue weighted by atomic mass is 32.2. The molecule has 0 bridgehead atoms. The summed E-state index contributed by atoms with van der Waals surface area (Å²) in [5.41, 5.74) is 2.92. The number of rotatable bonds is 3. The van der Waals surface area contributed by atoms with E-state index >= 15 is 0 Å². The van der Waals surface area contributed by atoms with Crippen molar-refractivity contribution in [1.82, 2.24) is 0 Å². The van der Waals surface area contributed by atoms with Crippen LogP contribution in [0.1, 0.15) is 48.0 Å². The third-order valence-corrected chi connectivity index (χ3v) is 3.51. The highest BCUT2D eigenvalue weighted by molar-refractivity contribution is 8.06. The van der Waals surface area contributed by atoms with Crippen molar-refractivity contribution in [2.24, 2.45) is 0 Å². The fraction of sp³-hybridized carbons (Fsp3) is 0.636. The van der Waals surface area contributed by atoms with Crippen LogP contribution >= 0.6 is 11.8 Å². The van der Waals surface area contributed by atoms with E-state index < -0.39 is 0 Å². The highest BCUT2D eigenvalue weighted by Gasteiger charge is 1.98. The monoisotopic (exact) mass is 184 g/mol. The van der Waals surface area contributed by atoms with Gasteiger partial charge in [0.2, 0.25) is 0 Å². The topological polar surface area (TPSA) is 0 Å². The third kappa shape index (κ3) is 4.01. The van der Waals surface area contributed by atoms with Crippen molar-refractivity contribution in [3.63, 3.8) is 0 Å². The predicted molar refractivity (Wildman–Crippen MR) is 60.3 cm³/mol. The Labute approximate surface area is 81.1 Å². The molecule has 0 amide bonds. The average molecular weight is 184 g/mol. The van der Waals surface area contributed by atoms with Gasteiger partial charge >= 0.3 is 0 Å². The van der Waals surface area contributed by atoms with E-state index in [2.05, 4.69) is 41.5 Å². The SMILES string of the molecule is CC/C(C)=C(/C)SC(C)=C(C)C. The summed E-state index contributed by atoms with van der Waals surface area (Å²) in [6, 6.07) is 0. The molecule has 0 fully saturated rings. The molecule has 0 aromatic rings. The van der Waals surface area contributed by atoms with E-state index in [1.165, 1.54) is 21.0 Å². The van der Waals surface area contributed by atoms with Crippen LogP contribution in [0.5, 0.6) is 0 Å². The van der Waals surface area contributed by atoms with Crippen LogP contribution in [0.3, 0.4) is 0 Å².